The van der Waals surface area contributed by atoms with E-state index < -0.39 is 9.84 Å². The maximum Gasteiger partial charge on any atom is 0.156 e. The lowest BCUT2D eigenvalue weighted by molar-refractivity contribution is 0.278. The van der Waals surface area contributed by atoms with E-state index in [4.69, 9.17) is 0 Å². The molecule has 0 aromatic rings. The maximum absolute atomic E-state index is 12.0. The van der Waals surface area contributed by atoms with E-state index in [0.29, 0.717) is 5.92 Å². The molecule has 1 saturated heterocycles. The van der Waals surface area contributed by atoms with Crippen molar-refractivity contribution in [2.75, 3.05) is 25.1 Å². The molecule has 1 aliphatic heterocycles. The monoisotopic (exact) mass is 259 g/mol. The number of hydrogen-bond donors (Lipinski definition) is 0. The van der Waals surface area contributed by atoms with Crippen LogP contribution < -0.4 is 0 Å². The Morgan fingerprint density at radius 3 is 2.59 bits per heavy atom. The highest BCUT2D eigenvalue weighted by Gasteiger charge is 2.33. The van der Waals surface area contributed by atoms with Crippen LogP contribution in [0.1, 0.15) is 34.1 Å². The van der Waals surface area contributed by atoms with Gasteiger partial charge in [0.15, 0.2) is 9.84 Å². The van der Waals surface area contributed by atoms with Gasteiger partial charge in [0, 0.05) is 19.3 Å². The van der Waals surface area contributed by atoms with Crippen molar-refractivity contribution in [2.45, 2.75) is 34.1 Å². The number of sulfone groups is 1. The fraction of sp³-hybridized carbons (Fsp3) is 0.846. The highest BCUT2D eigenvalue weighted by Crippen LogP contribution is 2.27. The van der Waals surface area contributed by atoms with Crippen molar-refractivity contribution in [3.63, 3.8) is 0 Å². The van der Waals surface area contributed by atoms with Crippen LogP contribution in [-0.2, 0) is 9.84 Å². The van der Waals surface area contributed by atoms with Gasteiger partial charge in [-0.2, -0.15) is 0 Å². The first-order chi connectivity index (χ1) is 7.65. The first kappa shape index (κ1) is 14.6. The zero-order valence-corrected chi connectivity index (χ0v) is 12.5. The number of allylic oxidation sites excluding steroid dienone is 1. The van der Waals surface area contributed by atoms with Gasteiger partial charge in [-0.15, -0.1) is 0 Å². The highest BCUT2D eigenvalue weighted by molar-refractivity contribution is 7.91. The molecule has 0 aromatic heterocycles. The molecule has 1 rings (SSSR count). The predicted octanol–water partition coefficient (Wildman–Crippen LogP) is 2.30. The lowest BCUT2D eigenvalue weighted by atomic mass is 9.95. The van der Waals surface area contributed by atoms with E-state index >= 15 is 0 Å². The minimum absolute atomic E-state index is 0.168. The smallest absolute Gasteiger partial charge is 0.156 e. The molecule has 1 aliphatic rings. The van der Waals surface area contributed by atoms with Crippen LogP contribution in [0.5, 0.6) is 0 Å². The van der Waals surface area contributed by atoms with Crippen LogP contribution in [0, 0.1) is 11.3 Å². The molecule has 1 unspecified atom stereocenters. The van der Waals surface area contributed by atoms with Crippen LogP contribution in [0.3, 0.4) is 0 Å². The predicted molar refractivity (Wildman–Crippen MR) is 72.6 cm³/mol. The standard InChI is InChI=1S/C13H25NO2S/c1-6-11(2)7-12-8-17(15,16)10-13(3,4)9-14(12)5/h7,11H,6,8-10H2,1-5H3. The topological polar surface area (TPSA) is 37.4 Å². The SMILES string of the molecule is CCC(C)C=C1CS(=O)(=O)CC(C)(C)CN1C. The van der Waals surface area contributed by atoms with Crippen LogP contribution in [0.15, 0.2) is 11.8 Å². The van der Waals surface area contributed by atoms with E-state index in [1.165, 1.54) is 0 Å². The van der Waals surface area contributed by atoms with Crippen molar-refractivity contribution in [2.24, 2.45) is 11.3 Å². The minimum atomic E-state index is -2.97. The summed E-state index contributed by atoms with van der Waals surface area (Å²) in [6.07, 6.45) is 3.15. The van der Waals surface area contributed by atoms with E-state index in [-0.39, 0.29) is 16.9 Å². The molecule has 1 fully saturated rings. The molecule has 100 valence electrons. The molecule has 0 amide bonds. The fourth-order valence-corrected chi connectivity index (χ4v) is 4.54. The van der Waals surface area contributed by atoms with Gasteiger partial charge < -0.3 is 4.90 Å². The normalized spacial score (nSPS) is 27.8. The average molecular weight is 259 g/mol. The van der Waals surface area contributed by atoms with Gasteiger partial charge in [-0.1, -0.05) is 40.2 Å². The Morgan fingerprint density at radius 2 is 2.06 bits per heavy atom. The van der Waals surface area contributed by atoms with Crippen LogP contribution in [0.4, 0.5) is 0 Å². The fourth-order valence-electron chi connectivity index (χ4n) is 2.39. The van der Waals surface area contributed by atoms with Gasteiger partial charge in [0.05, 0.1) is 11.5 Å². The first-order valence-corrected chi connectivity index (χ1v) is 8.09. The second-order valence-corrected chi connectivity index (χ2v) is 8.16. The highest BCUT2D eigenvalue weighted by atomic mass is 32.2. The van der Waals surface area contributed by atoms with Crippen LogP contribution in [-0.4, -0.2) is 38.4 Å². The van der Waals surface area contributed by atoms with E-state index in [1.54, 1.807) is 0 Å². The summed E-state index contributed by atoms with van der Waals surface area (Å²) in [5, 5.41) is 0. The first-order valence-electron chi connectivity index (χ1n) is 6.27. The molecule has 1 atom stereocenters. The second kappa shape index (κ2) is 5.01. The molecule has 0 bridgehead atoms. The zero-order valence-electron chi connectivity index (χ0n) is 11.7. The van der Waals surface area contributed by atoms with Gasteiger partial charge in [0.1, 0.15) is 0 Å². The number of nitrogens with zero attached hydrogens (tertiary/aromatic N) is 1. The maximum atomic E-state index is 12.0. The van der Waals surface area contributed by atoms with Crippen molar-refractivity contribution in [3.8, 4) is 0 Å². The molecule has 4 heteroatoms. The summed E-state index contributed by atoms with van der Waals surface area (Å²) in [7, 11) is -0.976. The van der Waals surface area contributed by atoms with Crippen molar-refractivity contribution in [1.29, 1.82) is 0 Å². The summed E-state index contributed by atoms with van der Waals surface area (Å²) in [5.41, 5.74) is 0.795. The van der Waals surface area contributed by atoms with Gasteiger partial charge in [0.25, 0.3) is 0 Å². The lowest BCUT2D eigenvalue weighted by Gasteiger charge is -2.28. The van der Waals surface area contributed by atoms with Crippen LogP contribution >= 0.6 is 0 Å². The van der Waals surface area contributed by atoms with Gasteiger partial charge in [-0.3, -0.25) is 0 Å². The average Bonchev–Trinajstić information content (AvgIpc) is 2.19. The molecule has 0 radical (unpaired) electrons. The largest absolute Gasteiger partial charge is 0.377 e. The Labute approximate surface area is 106 Å². The third-order valence-corrected chi connectivity index (χ3v) is 5.21. The molecule has 0 saturated carbocycles. The molecule has 0 spiro atoms. The third-order valence-electron chi connectivity index (χ3n) is 3.25. The van der Waals surface area contributed by atoms with E-state index in [0.717, 1.165) is 18.7 Å². The minimum Gasteiger partial charge on any atom is -0.377 e. The summed E-state index contributed by atoms with van der Waals surface area (Å²) in [6, 6.07) is 0. The molecule has 17 heavy (non-hydrogen) atoms. The molecule has 0 aliphatic carbocycles. The summed E-state index contributed by atoms with van der Waals surface area (Å²) < 4.78 is 24.1. The van der Waals surface area contributed by atoms with Crippen molar-refractivity contribution in [1.82, 2.24) is 4.90 Å². The summed E-state index contributed by atoms with van der Waals surface area (Å²) in [5.74, 6) is 0.906. The Kier molecular flexibility index (Phi) is 4.28. The lowest BCUT2D eigenvalue weighted by Crippen LogP contribution is -2.31. The molecular weight excluding hydrogens is 234 g/mol. The van der Waals surface area contributed by atoms with Gasteiger partial charge in [0.2, 0.25) is 0 Å². The van der Waals surface area contributed by atoms with Gasteiger partial charge in [-0.25, -0.2) is 8.42 Å². The molecule has 1 heterocycles. The van der Waals surface area contributed by atoms with Crippen LogP contribution in [0.2, 0.25) is 0 Å². The number of hydrogen-bond acceptors (Lipinski definition) is 3. The van der Waals surface area contributed by atoms with Crippen LogP contribution in [0.25, 0.3) is 0 Å². The summed E-state index contributed by atoms with van der Waals surface area (Å²) in [4.78, 5) is 2.11. The Morgan fingerprint density at radius 1 is 1.47 bits per heavy atom. The number of rotatable bonds is 2. The van der Waals surface area contributed by atoms with Crippen molar-refractivity contribution < 1.29 is 8.42 Å². The summed E-state index contributed by atoms with van der Waals surface area (Å²) in [6.45, 7) is 9.09. The quantitative estimate of drug-likeness (QED) is 0.763. The molecule has 0 N–H and O–H groups in total. The van der Waals surface area contributed by atoms with Crippen molar-refractivity contribution in [3.05, 3.63) is 11.8 Å². The van der Waals surface area contributed by atoms with Gasteiger partial charge in [-0.05, 0) is 11.3 Å². The molecule has 3 nitrogen and oxygen atoms in total. The summed E-state index contributed by atoms with van der Waals surface area (Å²) >= 11 is 0. The van der Waals surface area contributed by atoms with Crippen molar-refractivity contribution >= 4 is 9.84 Å². The third kappa shape index (κ3) is 4.34. The Balaban J connectivity index is 3.05. The molecule has 0 aromatic carbocycles. The second-order valence-electron chi connectivity index (χ2n) is 6.10. The Hall–Kier alpha value is -0.510. The van der Waals surface area contributed by atoms with Gasteiger partial charge >= 0.3 is 0 Å². The van der Waals surface area contributed by atoms with E-state index in [2.05, 4.69) is 24.8 Å². The Bertz CT molecular complexity index is 396. The van der Waals surface area contributed by atoms with E-state index in [1.807, 2.05) is 20.9 Å². The molecular formula is C13H25NO2S. The van der Waals surface area contributed by atoms with E-state index in [9.17, 15) is 8.42 Å². The zero-order chi connectivity index (χ0) is 13.3.